The van der Waals surface area contributed by atoms with Crippen LogP contribution in [-0.4, -0.2) is 5.38 Å². The van der Waals surface area contributed by atoms with Crippen LogP contribution in [0.3, 0.4) is 0 Å². The Kier molecular flexibility index (Phi) is 2.37. The fraction of sp³-hybridized carbons (Fsp3) is 1.00. The summed E-state index contributed by atoms with van der Waals surface area (Å²) >= 11 is 6.15. The molecule has 2 fully saturated rings. The molecule has 0 aliphatic heterocycles. The van der Waals surface area contributed by atoms with Gasteiger partial charge in [0.2, 0.25) is 0 Å². The Morgan fingerprint density at radius 3 is 2.33 bits per heavy atom. The SMILES string of the molecule is CC(Cl)C(C)C1CC2CCC1C2. The molecule has 2 rings (SSSR count). The third-order valence-electron chi connectivity index (χ3n) is 4.19. The summed E-state index contributed by atoms with van der Waals surface area (Å²) in [6.45, 7) is 4.49. The van der Waals surface area contributed by atoms with Gasteiger partial charge in [-0.3, -0.25) is 0 Å². The van der Waals surface area contributed by atoms with Crippen LogP contribution in [0.15, 0.2) is 0 Å². The van der Waals surface area contributed by atoms with E-state index in [0.29, 0.717) is 5.38 Å². The molecule has 0 N–H and O–H groups in total. The molecule has 0 aromatic rings. The van der Waals surface area contributed by atoms with Crippen LogP contribution >= 0.6 is 11.6 Å². The molecule has 0 amide bonds. The van der Waals surface area contributed by atoms with E-state index in [9.17, 15) is 0 Å². The van der Waals surface area contributed by atoms with E-state index < -0.39 is 0 Å². The van der Waals surface area contributed by atoms with Crippen molar-refractivity contribution in [3.8, 4) is 0 Å². The van der Waals surface area contributed by atoms with E-state index in [1.807, 2.05) is 0 Å². The van der Waals surface area contributed by atoms with Gasteiger partial charge in [-0.05, 0) is 49.9 Å². The zero-order valence-electron chi connectivity index (χ0n) is 8.09. The molecule has 0 aromatic heterocycles. The summed E-state index contributed by atoms with van der Waals surface area (Å²) in [5, 5.41) is 0.370. The van der Waals surface area contributed by atoms with E-state index in [1.54, 1.807) is 0 Å². The van der Waals surface area contributed by atoms with E-state index in [1.165, 1.54) is 25.7 Å². The number of fused-ring (bicyclic) bond motifs is 2. The molecule has 2 saturated carbocycles. The van der Waals surface area contributed by atoms with Crippen molar-refractivity contribution in [2.45, 2.75) is 44.9 Å². The summed E-state index contributed by atoms with van der Waals surface area (Å²) in [5.41, 5.74) is 0. The summed E-state index contributed by atoms with van der Waals surface area (Å²) < 4.78 is 0. The average Bonchev–Trinajstić information content (AvgIpc) is 2.62. The molecule has 5 atom stereocenters. The summed E-state index contributed by atoms with van der Waals surface area (Å²) in [4.78, 5) is 0. The number of alkyl halides is 1. The quantitative estimate of drug-likeness (QED) is 0.578. The predicted molar refractivity (Wildman–Crippen MR) is 53.4 cm³/mol. The number of halogens is 1. The van der Waals surface area contributed by atoms with Gasteiger partial charge in [-0.25, -0.2) is 0 Å². The topological polar surface area (TPSA) is 0 Å². The van der Waals surface area contributed by atoms with Crippen LogP contribution in [0.2, 0.25) is 0 Å². The maximum atomic E-state index is 6.15. The maximum Gasteiger partial charge on any atom is 0.0336 e. The second-order valence-corrected chi connectivity index (χ2v) is 5.56. The van der Waals surface area contributed by atoms with Crippen molar-refractivity contribution in [3.63, 3.8) is 0 Å². The molecular weight excluding hydrogens is 168 g/mol. The van der Waals surface area contributed by atoms with Crippen molar-refractivity contribution < 1.29 is 0 Å². The predicted octanol–water partition coefficient (Wildman–Crippen LogP) is 3.69. The normalized spacial score (nSPS) is 44.8. The molecule has 0 saturated heterocycles. The molecule has 1 heteroatoms. The van der Waals surface area contributed by atoms with Gasteiger partial charge >= 0.3 is 0 Å². The first-order chi connectivity index (χ1) is 5.68. The highest BCUT2D eigenvalue weighted by molar-refractivity contribution is 6.20. The van der Waals surface area contributed by atoms with Gasteiger partial charge in [-0.1, -0.05) is 13.3 Å². The largest absolute Gasteiger partial charge is 0.123 e. The van der Waals surface area contributed by atoms with Crippen LogP contribution in [0.1, 0.15) is 39.5 Å². The van der Waals surface area contributed by atoms with Crippen LogP contribution in [0.25, 0.3) is 0 Å². The van der Waals surface area contributed by atoms with Gasteiger partial charge in [0.1, 0.15) is 0 Å². The van der Waals surface area contributed by atoms with Gasteiger partial charge in [-0.15, -0.1) is 11.6 Å². The van der Waals surface area contributed by atoms with Crippen LogP contribution in [-0.2, 0) is 0 Å². The summed E-state index contributed by atoms with van der Waals surface area (Å²) in [6, 6.07) is 0. The molecule has 0 nitrogen and oxygen atoms in total. The molecule has 2 aliphatic carbocycles. The Labute approximate surface area is 80.7 Å². The van der Waals surface area contributed by atoms with Gasteiger partial charge in [0, 0.05) is 5.38 Å². The van der Waals surface area contributed by atoms with Crippen LogP contribution in [0.4, 0.5) is 0 Å². The van der Waals surface area contributed by atoms with E-state index in [0.717, 1.165) is 23.7 Å². The lowest BCUT2D eigenvalue weighted by Gasteiger charge is -2.29. The second-order valence-electron chi connectivity index (χ2n) is 4.88. The molecule has 0 heterocycles. The third kappa shape index (κ3) is 1.39. The van der Waals surface area contributed by atoms with E-state index >= 15 is 0 Å². The molecule has 0 radical (unpaired) electrons. The minimum atomic E-state index is 0.370. The van der Waals surface area contributed by atoms with Crippen LogP contribution in [0.5, 0.6) is 0 Å². The van der Waals surface area contributed by atoms with Crippen molar-refractivity contribution in [2.24, 2.45) is 23.7 Å². The fourth-order valence-corrected chi connectivity index (χ4v) is 3.47. The van der Waals surface area contributed by atoms with E-state index in [2.05, 4.69) is 13.8 Å². The van der Waals surface area contributed by atoms with Crippen molar-refractivity contribution in [1.29, 1.82) is 0 Å². The first kappa shape index (κ1) is 8.87. The lowest BCUT2D eigenvalue weighted by Crippen LogP contribution is -2.24. The Morgan fingerprint density at radius 1 is 1.17 bits per heavy atom. The Bertz CT molecular complexity index is 164. The van der Waals surface area contributed by atoms with E-state index in [4.69, 9.17) is 11.6 Å². The molecule has 0 spiro atoms. The van der Waals surface area contributed by atoms with Gasteiger partial charge in [0.25, 0.3) is 0 Å². The minimum absolute atomic E-state index is 0.370. The van der Waals surface area contributed by atoms with Crippen molar-refractivity contribution in [3.05, 3.63) is 0 Å². The second kappa shape index (κ2) is 3.21. The third-order valence-corrected chi connectivity index (χ3v) is 4.59. The summed E-state index contributed by atoms with van der Waals surface area (Å²) in [5.74, 6) is 3.79. The van der Waals surface area contributed by atoms with Crippen molar-refractivity contribution in [1.82, 2.24) is 0 Å². The van der Waals surface area contributed by atoms with Gasteiger partial charge in [-0.2, -0.15) is 0 Å². The Balaban J connectivity index is 1.97. The zero-order valence-corrected chi connectivity index (χ0v) is 8.85. The Hall–Kier alpha value is 0.290. The smallest absolute Gasteiger partial charge is 0.0336 e. The lowest BCUT2D eigenvalue weighted by molar-refractivity contribution is 0.239. The Morgan fingerprint density at radius 2 is 1.92 bits per heavy atom. The molecule has 0 aromatic carbocycles. The summed E-state index contributed by atoms with van der Waals surface area (Å²) in [6.07, 6.45) is 5.98. The number of hydrogen-bond acceptors (Lipinski definition) is 0. The first-order valence-electron chi connectivity index (χ1n) is 5.32. The molecule has 5 unspecified atom stereocenters. The van der Waals surface area contributed by atoms with Crippen LogP contribution in [0, 0.1) is 23.7 Å². The van der Waals surface area contributed by atoms with Gasteiger partial charge in [0.05, 0.1) is 0 Å². The molecule has 2 aliphatic rings. The monoisotopic (exact) mass is 186 g/mol. The zero-order chi connectivity index (χ0) is 8.72. The minimum Gasteiger partial charge on any atom is -0.123 e. The van der Waals surface area contributed by atoms with Gasteiger partial charge < -0.3 is 0 Å². The molecule has 2 bridgehead atoms. The molecule has 70 valence electrons. The lowest BCUT2D eigenvalue weighted by atomic mass is 9.79. The van der Waals surface area contributed by atoms with Crippen molar-refractivity contribution >= 4 is 11.6 Å². The molecular formula is C11H19Cl. The maximum absolute atomic E-state index is 6.15. The van der Waals surface area contributed by atoms with Gasteiger partial charge in [0.15, 0.2) is 0 Å². The highest BCUT2D eigenvalue weighted by atomic mass is 35.5. The highest BCUT2D eigenvalue weighted by Crippen LogP contribution is 2.51. The number of hydrogen-bond donors (Lipinski definition) is 0. The average molecular weight is 187 g/mol. The molecule has 12 heavy (non-hydrogen) atoms. The van der Waals surface area contributed by atoms with E-state index in [-0.39, 0.29) is 0 Å². The standard InChI is InChI=1S/C11H19Cl/c1-7(8(2)12)11-6-9-3-4-10(11)5-9/h7-11H,3-6H2,1-2H3. The first-order valence-corrected chi connectivity index (χ1v) is 5.76. The summed E-state index contributed by atoms with van der Waals surface area (Å²) in [7, 11) is 0. The number of rotatable bonds is 2. The van der Waals surface area contributed by atoms with Crippen LogP contribution < -0.4 is 0 Å². The van der Waals surface area contributed by atoms with Crippen molar-refractivity contribution in [2.75, 3.05) is 0 Å². The fourth-order valence-electron chi connectivity index (χ4n) is 3.28. The highest BCUT2D eigenvalue weighted by Gasteiger charge is 2.42.